The van der Waals surface area contributed by atoms with E-state index in [9.17, 15) is 5.11 Å². The summed E-state index contributed by atoms with van der Waals surface area (Å²) >= 11 is 1.79. The van der Waals surface area contributed by atoms with Gasteiger partial charge in [-0.15, -0.1) is 24.0 Å². The average Bonchev–Trinajstić information content (AvgIpc) is 3.05. The fourth-order valence-electron chi connectivity index (χ4n) is 2.16. The molecule has 0 amide bonds. The van der Waals surface area contributed by atoms with Crippen LogP contribution in [0.15, 0.2) is 11.3 Å². The van der Waals surface area contributed by atoms with Gasteiger partial charge >= 0.3 is 0 Å². The maximum Gasteiger partial charge on any atom is 0.194 e. The first kappa shape index (κ1) is 19.5. The Morgan fingerprint density at radius 3 is 2.95 bits per heavy atom. The smallest absolute Gasteiger partial charge is 0.194 e. The van der Waals surface area contributed by atoms with E-state index in [0.717, 1.165) is 36.3 Å². The van der Waals surface area contributed by atoms with Gasteiger partial charge in [0, 0.05) is 26.4 Å². The molecule has 0 aromatic carbocycles. The lowest BCUT2D eigenvalue weighted by molar-refractivity contribution is 0.0776. The van der Waals surface area contributed by atoms with Crippen molar-refractivity contribution in [3.63, 3.8) is 0 Å². The van der Waals surface area contributed by atoms with Gasteiger partial charge < -0.3 is 15.3 Å². The van der Waals surface area contributed by atoms with Gasteiger partial charge in [-0.2, -0.15) is 16.9 Å². The van der Waals surface area contributed by atoms with Crippen molar-refractivity contribution in [3.05, 3.63) is 12.2 Å². The van der Waals surface area contributed by atoms with Gasteiger partial charge in [0.25, 0.3) is 0 Å². The summed E-state index contributed by atoms with van der Waals surface area (Å²) in [5.74, 6) is 3.43. The average molecular weight is 440 g/mol. The molecule has 0 bridgehead atoms. The largest absolute Gasteiger partial charge is 0.387 e. The Morgan fingerprint density at radius 2 is 2.41 bits per heavy atom. The van der Waals surface area contributed by atoms with E-state index < -0.39 is 5.60 Å². The fraction of sp³-hybridized carbons (Fsp3) is 0.769. The second kappa shape index (κ2) is 8.92. The van der Waals surface area contributed by atoms with Crippen molar-refractivity contribution >= 4 is 41.7 Å². The zero-order chi connectivity index (χ0) is 15.3. The van der Waals surface area contributed by atoms with Gasteiger partial charge in [0.2, 0.25) is 0 Å². The number of hydrogen-bond donors (Lipinski definition) is 2. The zero-order valence-corrected chi connectivity index (χ0v) is 16.5. The molecular formula is C13H25IN6OS. The van der Waals surface area contributed by atoms with Crippen LogP contribution in [-0.4, -0.2) is 68.0 Å². The summed E-state index contributed by atoms with van der Waals surface area (Å²) in [5, 5.41) is 17.7. The lowest BCUT2D eigenvalue weighted by Gasteiger charge is -2.24. The molecule has 0 spiro atoms. The van der Waals surface area contributed by atoms with Crippen LogP contribution in [0.2, 0.25) is 0 Å². The minimum absolute atomic E-state index is 0. The predicted octanol–water partition coefficient (Wildman–Crippen LogP) is 0.698. The first-order valence-corrected chi connectivity index (χ1v) is 8.32. The lowest BCUT2D eigenvalue weighted by Crippen LogP contribution is -2.41. The highest BCUT2D eigenvalue weighted by molar-refractivity contribution is 14.0. The SMILES string of the molecule is CCNC(=NCC1(O)CCSC1)N(C)Cc1ncnn1C.I. The molecule has 1 saturated heterocycles. The first-order valence-electron chi connectivity index (χ1n) is 7.16. The summed E-state index contributed by atoms with van der Waals surface area (Å²) in [6.07, 6.45) is 2.36. The monoisotopic (exact) mass is 440 g/mol. The molecule has 1 fully saturated rings. The van der Waals surface area contributed by atoms with Crippen LogP contribution >= 0.6 is 35.7 Å². The van der Waals surface area contributed by atoms with Crippen LogP contribution in [0.5, 0.6) is 0 Å². The minimum Gasteiger partial charge on any atom is -0.387 e. The molecule has 7 nitrogen and oxygen atoms in total. The molecule has 0 radical (unpaired) electrons. The highest BCUT2D eigenvalue weighted by atomic mass is 127. The minimum atomic E-state index is -0.656. The third kappa shape index (κ3) is 5.27. The maximum atomic E-state index is 10.4. The van der Waals surface area contributed by atoms with Crippen molar-refractivity contribution in [2.75, 3.05) is 31.6 Å². The number of aryl methyl sites for hydroxylation is 1. The molecule has 1 aromatic heterocycles. The maximum absolute atomic E-state index is 10.4. The molecule has 2 N–H and O–H groups in total. The summed E-state index contributed by atoms with van der Waals surface area (Å²) in [6.45, 7) is 3.88. The zero-order valence-electron chi connectivity index (χ0n) is 13.3. The van der Waals surface area contributed by atoms with Crippen molar-refractivity contribution in [2.45, 2.75) is 25.5 Å². The van der Waals surface area contributed by atoms with Crippen LogP contribution in [0, 0.1) is 0 Å². The van der Waals surface area contributed by atoms with Gasteiger partial charge in [-0.1, -0.05) is 0 Å². The van der Waals surface area contributed by atoms with E-state index in [1.807, 2.05) is 25.9 Å². The first-order chi connectivity index (χ1) is 10.0. The van der Waals surface area contributed by atoms with E-state index >= 15 is 0 Å². The third-order valence-electron chi connectivity index (χ3n) is 3.49. The Morgan fingerprint density at radius 1 is 1.64 bits per heavy atom. The van der Waals surface area contributed by atoms with E-state index in [4.69, 9.17) is 0 Å². The number of nitrogens with one attached hydrogen (secondary N) is 1. The second-order valence-electron chi connectivity index (χ2n) is 5.35. The van der Waals surface area contributed by atoms with Crippen LogP contribution in [0.1, 0.15) is 19.2 Å². The summed E-state index contributed by atoms with van der Waals surface area (Å²) in [4.78, 5) is 10.8. The van der Waals surface area contributed by atoms with Crippen molar-refractivity contribution in [1.29, 1.82) is 0 Å². The Kier molecular flexibility index (Phi) is 7.90. The Hall–Kier alpha value is -0.550. The van der Waals surface area contributed by atoms with E-state index in [1.165, 1.54) is 0 Å². The molecular weight excluding hydrogens is 415 g/mol. The van der Waals surface area contributed by atoms with Crippen LogP contribution in [0.25, 0.3) is 0 Å². The topological polar surface area (TPSA) is 78.6 Å². The van der Waals surface area contributed by atoms with E-state index in [1.54, 1.807) is 22.8 Å². The van der Waals surface area contributed by atoms with E-state index in [2.05, 4.69) is 20.4 Å². The number of aromatic nitrogens is 3. The van der Waals surface area contributed by atoms with Crippen molar-refractivity contribution in [1.82, 2.24) is 25.0 Å². The molecule has 2 rings (SSSR count). The van der Waals surface area contributed by atoms with Crippen LogP contribution in [-0.2, 0) is 13.6 Å². The Balaban J connectivity index is 0.00000242. The van der Waals surface area contributed by atoms with Crippen molar-refractivity contribution < 1.29 is 5.11 Å². The summed E-state index contributed by atoms with van der Waals surface area (Å²) in [6, 6.07) is 0. The Bertz CT molecular complexity index is 489. The highest BCUT2D eigenvalue weighted by Gasteiger charge is 2.31. The quantitative estimate of drug-likeness (QED) is 0.399. The van der Waals surface area contributed by atoms with Gasteiger partial charge in [0.1, 0.15) is 12.2 Å². The molecule has 1 aromatic rings. The van der Waals surface area contributed by atoms with Crippen molar-refractivity contribution in [2.24, 2.45) is 12.0 Å². The standard InChI is InChI=1S/C13H24N6OS.HI/c1-4-14-12(15-8-13(20)5-6-21-9-13)18(2)7-11-16-10-17-19(11)3;/h10,20H,4-9H2,1-3H3,(H,14,15);1H. The van der Waals surface area contributed by atoms with Crippen LogP contribution in [0.3, 0.4) is 0 Å². The van der Waals surface area contributed by atoms with Gasteiger partial charge in [-0.05, 0) is 19.1 Å². The van der Waals surface area contributed by atoms with E-state index in [-0.39, 0.29) is 24.0 Å². The van der Waals surface area contributed by atoms with Crippen LogP contribution in [0.4, 0.5) is 0 Å². The second-order valence-corrected chi connectivity index (χ2v) is 6.46. The predicted molar refractivity (Wildman–Crippen MR) is 101 cm³/mol. The number of aliphatic imine (C=N–C) groups is 1. The number of aliphatic hydroxyl groups is 1. The van der Waals surface area contributed by atoms with Gasteiger partial charge in [-0.3, -0.25) is 9.67 Å². The molecule has 1 aliphatic rings. The molecule has 1 atom stereocenters. The normalized spacial score (nSPS) is 21.5. The Labute approximate surface area is 153 Å². The van der Waals surface area contributed by atoms with Gasteiger partial charge in [0.05, 0.1) is 18.7 Å². The molecule has 2 heterocycles. The third-order valence-corrected chi connectivity index (χ3v) is 4.72. The van der Waals surface area contributed by atoms with Gasteiger partial charge in [-0.25, -0.2) is 4.98 Å². The molecule has 0 aliphatic carbocycles. The molecule has 1 aliphatic heterocycles. The van der Waals surface area contributed by atoms with Gasteiger partial charge in [0.15, 0.2) is 5.96 Å². The molecule has 1 unspecified atom stereocenters. The number of rotatable bonds is 5. The number of nitrogens with zero attached hydrogens (tertiary/aromatic N) is 5. The molecule has 126 valence electrons. The lowest BCUT2D eigenvalue weighted by atomic mass is 10.1. The number of guanidine groups is 1. The number of halogens is 1. The molecule has 9 heteroatoms. The summed E-state index contributed by atoms with van der Waals surface area (Å²) in [5.41, 5.74) is -0.656. The summed E-state index contributed by atoms with van der Waals surface area (Å²) in [7, 11) is 3.84. The fourth-order valence-corrected chi connectivity index (χ4v) is 3.45. The van der Waals surface area contributed by atoms with Crippen LogP contribution < -0.4 is 5.32 Å². The number of hydrogen-bond acceptors (Lipinski definition) is 5. The highest BCUT2D eigenvalue weighted by Crippen LogP contribution is 2.27. The van der Waals surface area contributed by atoms with E-state index in [0.29, 0.717) is 13.1 Å². The van der Waals surface area contributed by atoms with Crippen molar-refractivity contribution in [3.8, 4) is 0 Å². The molecule has 0 saturated carbocycles. The number of thioether (sulfide) groups is 1. The summed E-state index contributed by atoms with van der Waals surface area (Å²) < 4.78 is 1.75. The molecule has 22 heavy (non-hydrogen) atoms.